The van der Waals surface area contributed by atoms with E-state index in [-0.39, 0.29) is 16.6 Å². The molecule has 8 nitrogen and oxygen atoms in total. The zero-order valence-corrected chi connectivity index (χ0v) is 18.4. The lowest BCUT2D eigenvalue weighted by Gasteiger charge is -2.19. The molecule has 0 radical (unpaired) electrons. The molecular formula is C23H30N4O4. The third-order valence-electron chi connectivity index (χ3n) is 5.51. The van der Waals surface area contributed by atoms with Crippen molar-refractivity contribution in [2.45, 2.75) is 33.6 Å². The van der Waals surface area contributed by atoms with Crippen LogP contribution in [0.15, 0.2) is 35.1 Å². The number of fused-ring (bicyclic) bond motifs is 2. The number of aromatic amines is 1. The van der Waals surface area contributed by atoms with E-state index >= 15 is 0 Å². The second-order valence-corrected chi connectivity index (χ2v) is 7.46. The van der Waals surface area contributed by atoms with Gasteiger partial charge in [-0.05, 0) is 43.8 Å². The molecular weight excluding hydrogens is 396 g/mol. The molecule has 0 aliphatic heterocycles. The molecule has 2 aromatic carbocycles. The standard InChI is InChI=1S/C23H30N4O4/c1-4-7-14-31-16-8-9-18-17(15-16)23(28)21-19(24-12-13-26(5-2)6-3)10-11-20(27(29)30)22(21)25-18/h8-11,15,24H,4-7,12-14H2,1-3H3,(H,25,28). The number of anilines is 1. The molecule has 0 unspecified atom stereocenters. The average molecular weight is 427 g/mol. The van der Waals surface area contributed by atoms with Crippen LogP contribution in [0.1, 0.15) is 33.6 Å². The second-order valence-electron chi connectivity index (χ2n) is 7.46. The number of non-ortho nitro benzene ring substituents is 1. The summed E-state index contributed by atoms with van der Waals surface area (Å²) in [4.78, 5) is 29.9. The van der Waals surface area contributed by atoms with Gasteiger partial charge in [-0.1, -0.05) is 27.2 Å². The van der Waals surface area contributed by atoms with Gasteiger partial charge in [0.25, 0.3) is 5.69 Å². The van der Waals surface area contributed by atoms with Crippen LogP contribution in [0.3, 0.4) is 0 Å². The van der Waals surface area contributed by atoms with Crippen LogP contribution in [-0.4, -0.2) is 47.6 Å². The van der Waals surface area contributed by atoms with Crippen molar-refractivity contribution in [3.05, 3.63) is 50.7 Å². The van der Waals surface area contributed by atoms with Gasteiger partial charge in [0, 0.05) is 30.2 Å². The van der Waals surface area contributed by atoms with Gasteiger partial charge >= 0.3 is 0 Å². The first-order chi connectivity index (χ1) is 15.0. The van der Waals surface area contributed by atoms with Crippen LogP contribution in [0.4, 0.5) is 11.4 Å². The van der Waals surface area contributed by atoms with E-state index in [1.807, 2.05) is 0 Å². The summed E-state index contributed by atoms with van der Waals surface area (Å²) in [7, 11) is 0. The molecule has 0 amide bonds. The Balaban J connectivity index is 2.08. The number of pyridine rings is 1. The van der Waals surface area contributed by atoms with Crippen LogP contribution in [0, 0.1) is 10.1 Å². The van der Waals surface area contributed by atoms with Crippen molar-refractivity contribution in [3.8, 4) is 5.75 Å². The number of benzene rings is 2. The number of unbranched alkanes of at least 4 members (excludes halogenated alkanes) is 1. The number of nitro groups is 1. The summed E-state index contributed by atoms with van der Waals surface area (Å²) in [5.74, 6) is 0.618. The Morgan fingerprint density at radius 3 is 2.61 bits per heavy atom. The zero-order valence-electron chi connectivity index (χ0n) is 18.4. The maximum Gasteiger partial charge on any atom is 0.293 e. The van der Waals surface area contributed by atoms with Gasteiger partial charge in [-0.3, -0.25) is 14.9 Å². The van der Waals surface area contributed by atoms with E-state index in [9.17, 15) is 14.9 Å². The smallest absolute Gasteiger partial charge is 0.293 e. The molecule has 0 spiro atoms. The molecule has 166 valence electrons. The van der Waals surface area contributed by atoms with E-state index in [0.717, 1.165) is 32.5 Å². The van der Waals surface area contributed by atoms with Crippen LogP contribution in [0.2, 0.25) is 0 Å². The number of likely N-dealkylation sites (N-methyl/N-ethyl adjacent to an activating group) is 1. The number of nitrogens with one attached hydrogen (secondary N) is 2. The molecule has 0 fully saturated rings. The van der Waals surface area contributed by atoms with E-state index in [2.05, 4.69) is 36.0 Å². The highest BCUT2D eigenvalue weighted by Crippen LogP contribution is 2.30. The molecule has 8 heteroatoms. The van der Waals surface area contributed by atoms with Crippen LogP contribution < -0.4 is 15.5 Å². The molecule has 1 heterocycles. The van der Waals surface area contributed by atoms with Crippen molar-refractivity contribution >= 4 is 33.2 Å². The van der Waals surface area contributed by atoms with Crippen LogP contribution in [0.5, 0.6) is 5.75 Å². The molecule has 0 bridgehead atoms. The minimum absolute atomic E-state index is 0.119. The SMILES string of the molecule is CCCCOc1ccc2[nH]c3c([N+](=O)[O-])ccc(NCCN(CC)CC)c3c(=O)c2c1. The van der Waals surface area contributed by atoms with Gasteiger partial charge in [-0.15, -0.1) is 0 Å². The number of H-pyrrole nitrogens is 1. The highest BCUT2D eigenvalue weighted by molar-refractivity contribution is 6.03. The number of hydrogen-bond donors (Lipinski definition) is 2. The van der Waals surface area contributed by atoms with Gasteiger partial charge in [0.05, 0.1) is 22.4 Å². The molecule has 0 aliphatic carbocycles. The molecule has 3 aromatic rings. The number of rotatable bonds is 11. The summed E-state index contributed by atoms with van der Waals surface area (Å²) < 4.78 is 5.75. The van der Waals surface area contributed by atoms with Crippen molar-refractivity contribution in [3.63, 3.8) is 0 Å². The van der Waals surface area contributed by atoms with Gasteiger partial charge in [0.1, 0.15) is 11.3 Å². The largest absolute Gasteiger partial charge is 0.494 e. The fourth-order valence-corrected chi connectivity index (χ4v) is 3.66. The Hall–Kier alpha value is -3.13. The maximum absolute atomic E-state index is 13.4. The molecule has 31 heavy (non-hydrogen) atoms. The minimum Gasteiger partial charge on any atom is -0.494 e. The van der Waals surface area contributed by atoms with E-state index in [1.165, 1.54) is 6.07 Å². The summed E-state index contributed by atoms with van der Waals surface area (Å²) in [6.07, 6.45) is 1.95. The predicted octanol–water partition coefficient (Wildman–Crippen LogP) is 4.52. The van der Waals surface area contributed by atoms with Gasteiger partial charge in [-0.25, -0.2) is 0 Å². The number of hydrogen-bond acceptors (Lipinski definition) is 6. The van der Waals surface area contributed by atoms with Crippen molar-refractivity contribution in [1.29, 1.82) is 0 Å². The van der Waals surface area contributed by atoms with Crippen molar-refractivity contribution in [2.75, 3.05) is 38.1 Å². The van der Waals surface area contributed by atoms with Gasteiger partial charge < -0.3 is 19.9 Å². The summed E-state index contributed by atoms with van der Waals surface area (Å²) in [6.45, 7) is 10.2. The van der Waals surface area contributed by atoms with E-state index < -0.39 is 4.92 Å². The van der Waals surface area contributed by atoms with Crippen molar-refractivity contribution < 1.29 is 9.66 Å². The summed E-state index contributed by atoms with van der Waals surface area (Å²) in [5, 5.41) is 15.6. The third-order valence-corrected chi connectivity index (χ3v) is 5.51. The quantitative estimate of drug-likeness (QED) is 0.202. The molecule has 3 rings (SSSR count). The fourth-order valence-electron chi connectivity index (χ4n) is 3.66. The minimum atomic E-state index is -0.466. The number of ether oxygens (including phenoxy) is 1. The van der Waals surface area contributed by atoms with Crippen molar-refractivity contribution in [2.24, 2.45) is 0 Å². The Kier molecular flexibility index (Phi) is 7.46. The topological polar surface area (TPSA) is 100 Å². The molecule has 0 atom stereocenters. The molecule has 0 saturated carbocycles. The number of aromatic nitrogens is 1. The lowest BCUT2D eigenvalue weighted by atomic mass is 10.1. The summed E-state index contributed by atoms with van der Waals surface area (Å²) in [5.41, 5.74) is 0.997. The van der Waals surface area contributed by atoms with E-state index in [0.29, 0.717) is 40.9 Å². The van der Waals surface area contributed by atoms with Crippen LogP contribution >= 0.6 is 0 Å². The summed E-state index contributed by atoms with van der Waals surface area (Å²) >= 11 is 0. The van der Waals surface area contributed by atoms with E-state index in [4.69, 9.17) is 4.74 Å². The first-order valence-electron chi connectivity index (χ1n) is 10.9. The lowest BCUT2D eigenvalue weighted by Crippen LogP contribution is -2.28. The fraction of sp³-hybridized carbons (Fsp3) is 0.435. The lowest BCUT2D eigenvalue weighted by molar-refractivity contribution is -0.383. The monoisotopic (exact) mass is 426 g/mol. The Morgan fingerprint density at radius 2 is 1.94 bits per heavy atom. The first-order valence-corrected chi connectivity index (χ1v) is 10.9. The summed E-state index contributed by atoms with van der Waals surface area (Å²) in [6, 6.07) is 8.28. The molecule has 0 aliphatic rings. The van der Waals surface area contributed by atoms with Crippen LogP contribution in [-0.2, 0) is 0 Å². The Morgan fingerprint density at radius 1 is 1.16 bits per heavy atom. The maximum atomic E-state index is 13.4. The number of nitrogens with zero attached hydrogens (tertiary/aromatic N) is 2. The normalized spacial score (nSPS) is 11.4. The van der Waals surface area contributed by atoms with Crippen molar-refractivity contribution in [1.82, 2.24) is 9.88 Å². The Bertz CT molecular complexity index is 1120. The van der Waals surface area contributed by atoms with Gasteiger partial charge in [0.2, 0.25) is 0 Å². The molecule has 1 aromatic heterocycles. The Labute approximate surface area is 181 Å². The average Bonchev–Trinajstić information content (AvgIpc) is 2.77. The molecule has 2 N–H and O–H groups in total. The van der Waals surface area contributed by atoms with Gasteiger partial charge in [0.15, 0.2) is 5.43 Å². The third kappa shape index (κ3) is 4.96. The zero-order chi connectivity index (χ0) is 22.4. The highest BCUT2D eigenvalue weighted by atomic mass is 16.6. The predicted molar refractivity (Wildman–Crippen MR) is 125 cm³/mol. The first kappa shape index (κ1) is 22.6. The van der Waals surface area contributed by atoms with Gasteiger partial charge in [-0.2, -0.15) is 0 Å². The van der Waals surface area contributed by atoms with E-state index in [1.54, 1.807) is 24.3 Å². The second kappa shape index (κ2) is 10.3. The highest BCUT2D eigenvalue weighted by Gasteiger charge is 2.19. The van der Waals surface area contributed by atoms with Crippen LogP contribution in [0.25, 0.3) is 21.8 Å². The number of nitro benzene ring substituents is 1. The molecule has 0 saturated heterocycles.